The molecule has 1 atom stereocenters. The van der Waals surface area contributed by atoms with Crippen molar-refractivity contribution < 1.29 is 9.47 Å². The van der Waals surface area contributed by atoms with Gasteiger partial charge in [-0.1, -0.05) is 13.8 Å². The largest absolute Gasteiger partial charge is 0.475 e. The summed E-state index contributed by atoms with van der Waals surface area (Å²) in [7, 11) is 0. The second-order valence-electron chi connectivity index (χ2n) is 7.99. The lowest BCUT2D eigenvalue weighted by Crippen LogP contribution is -2.40. The van der Waals surface area contributed by atoms with Crippen molar-refractivity contribution in [1.29, 1.82) is 0 Å². The highest BCUT2D eigenvalue weighted by atomic mass is 16.5. The third-order valence-electron chi connectivity index (χ3n) is 4.74. The molecule has 2 N–H and O–H groups in total. The molecule has 0 spiro atoms. The first-order valence-electron chi connectivity index (χ1n) is 11.0. The standard InChI is InChI=1S/C22H39N5O2/c1-5-23-22(25-8-6-10-27-11-13-28-14-12-27)26-17-20-7-9-24-21(16-20)29-19(4)15-18(2)3/h7,9,16,18-19H,5-6,8,10-15,17H2,1-4H3,(H2,23,25,26). The summed E-state index contributed by atoms with van der Waals surface area (Å²) < 4.78 is 11.3. The molecule has 1 saturated heterocycles. The molecule has 0 saturated carbocycles. The topological polar surface area (TPSA) is 71.0 Å². The number of pyridine rings is 1. The number of nitrogens with zero attached hydrogens (tertiary/aromatic N) is 3. The molecular weight excluding hydrogens is 366 g/mol. The number of aromatic nitrogens is 1. The van der Waals surface area contributed by atoms with E-state index in [9.17, 15) is 0 Å². The zero-order valence-corrected chi connectivity index (χ0v) is 18.6. The number of ether oxygens (including phenoxy) is 2. The Morgan fingerprint density at radius 3 is 2.79 bits per heavy atom. The van der Waals surface area contributed by atoms with Crippen LogP contribution < -0.4 is 15.4 Å². The van der Waals surface area contributed by atoms with Crippen molar-refractivity contribution in [1.82, 2.24) is 20.5 Å². The van der Waals surface area contributed by atoms with Crippen molar-refractivity contribution in [2.45, 2.75) is 53.2 Å². The predicted molar refractivity (Wildman–Crippen MR) is 118 cm³/mol. The second-order valence-corrected chi connectivity index (χ2v) is 7.99. The van der Waals surface area contributed by atoms with Gasteiger partial charge in [-0.05, 0) is 50.8 Å². The van der Waals surface area contributed by atoms with Crippen LogP contribution in [0.25, 0.3) is 0 Å². The number of morpholine rings is 1. The van der Waals surface area contributed by atoms with E-state index in [0.717, 1.165) is 70.3 Å². The fourth-order valence-electron chi connectivity index (χ4n) is 3.38. The SMILES string of the molecule is CCNC(=NCc1ccnc(OC(C)CC(C)C)c1)NCCCN1CCOCC1. The van der Waals surface area contributed by atoms with Crippen molar-refractivity contribution in [2.75, 3.05) is 45.9 Å². The molecule has 164 valence electrons. The first-order chi connectivity index (χ1) is 14.1. The third-order valence-corrected chi connectivity index (χ3v) is 4.74. The van der Waals surface area contributed by atoms with E-state index in [1.54, 1.807) is 6.20 Å². The van der Waals surface area contributed by atoms with Crippen LogP contribution in [0.15, 0.2) is 23.3 Å². The van der Waals surface area contributed by atoms with Crippen molar-refractivity contribution in [3.63, 3.8) is 0 Å². The number of hydrogen-bond acceptors (Lipinski definition) is 5. The maximum absolute atomic E-state index is 5.95. The number of rotatable bonds is 11. The van der Waals surface area contributed by atoms with Gasteiger partial charge in [-0.15, -0.1) is 0 Å². The Morgan fingerprint density at radius 1 is 1.28 bits per heavy atom. The van der Waals surface area contributed by atoms with Gasteiger partial charge < -0.3 is 20.1 Å². The fourth-order valence-corrected chi connectivity index (χ4v) is 3.38. The van der Waals surface area contributed by atoms with Gasteiger partial charge in [0.15, 0.2) is 5.96 Å². The molecule has 0 bridgehead atoms. The molecule has 7 heteroatoms. The van der Waals surface area contributed by atoms with E-state index >= 15 is 0 Å². The molecule has 1 aromatic rings. The van der Waals surface area contributed by atoms with Crippen molar-refractivity contribution in [3.8, 4) is 5.88 Å². The van der Waals surface area contributed by atoms with Crippen LogP contribution in [-0.2, 0) is 11.3 Å². The maximum Gasteiger partial charge on any atom is 0.213 e. The molecule has 1 aliphatic rings. The molecular formula is C22H39N5O2. The Bertz CT molecular complexity index is 603. The molecule has 1 fully saturated rings. The van der Waals surface area contributed by atoms with Gasteiger partial charge in [0.1, 0.15) is 0 Å². The molecule has 0 aromatic carbocycles. The summed E-state index contributed by atoms with van der Waals surface area (Å²) in [5.74, 6) is 2.13. The van der Waals surface area contributed by atoms with Crippen LogP contribution in [0.2, 0.25) is 0 Å². The molecule has 1 aromatic heterocycles. The van der Waals surface area contributed by atoms with Crippen molar-refractivity contribution in [3.05, 3.63) is 23.9 Å². The highest BCUT2D eigenvalue weighted by Gasteiger charge is 2.10. The fraction of sp³-hybridized carbons (Fsp3) is 0.727. The van der Waals surface area contributed by atoms with Gasteiger partial charge in [-0.3, -0.25) is 4.90 Å². The van der Waals surface area contributed by atoms with Gasteiger partial charge in [0.25, 0.3) is 0 Å². The average molecular weight is 406 g/mol. The summed E-state index contributed by atoms with van der Waals surface area (Å²) in [4.78, 5) is 11.5. The molecule has 1 unspecified atom stereocenters. The number of hydrogen-bond donors (Lipinski definition) is 2. The molecule has 0 aliphatic carbocycles. The quantitative estimate of drug-likeness (QED) is 0.335. The van der Waals surface area contributed by atoms with Gasteiger partial charge >= 0.3 is 0 Å². The van der Waals surface area contributed by atoms with Crippen molar-refractivity contribution >= 4 is 5.96 Å². The van der Waals surface area contributed by atoms with Crippen LogP contribution in [0.4, 0.5) is 0 Å². The van der Waals surface area contributed by atoms with E-state index in [0.29, 0.717) is 18.3 Å². The van der Waals surface area contributed by atoms with E-state index in [1.807, 2.05) is 12.1 Å². The van der Waals surface area contributed by atoms with E-state index in [-0.39, 0.29) is 6.10 Å². The lowest BCUT2D eigenvalue weighted by atomic mass is 10.1. The second kappa shape index (κ2) is 13.4. The summed E-state index contributed by atoms with van der Waals surface area (Å²) in [5.41, 5.74) is 1.09. The van der Waals surface area contributed by atoms with Crippen LogP contribution >= 0.6 is 0 Å². The first kappa shape index (κ1) is 23.4. The van der Waals surface area contributed by atoms with Crippen LogP contribution in [-0.4, -0.2) is 67.9 Å². The molecule has 7 nitrogen and oxygen atoms in total. The maximum atomic E-state index is 5.95. The van der Waals surface area contributed by atoms with Crippen molar-refractivity contribution in [2.24, 2.45) is 10.9 Å². The molecule has 2 rings (SSSR count). The summed E-state index contributed by atoms with van der Waals surface area (Å²) in [6.07, 6.45) is 4.06. The molecule has 29 heavy (non-hydrogen) atoms. The number of aliphatic imine (C=N–C) groups is 1. The summed E-state index contributed by atoms with van der Waals surface area (Å²) in [6, 6.07) is 3.98. The summed E-state index contributed by atoms with van der Waals surface area (Å²) in [5, 5.41) is 6.75. The lowest BCUT2D eigenvalue weighted by Gasteiger charge is -2.26. The monoisotopic (exact) mass is 405 g/mol. The average Bonchev–Trinajstić information content (AvgIpc) is 2.69. The zero-order chi connectivity index (χ0) is 20.9. The summed E-state index contributed by atoms with van der Waals surface area (Å²) >= 11 is 0. The Hall–Kier alpha value is -1.86. The Balaban J connectivity index is 1.79. The van der Waals surface area contributed by atoms with Gasteiger partial charge in [-0.2, -0.15) is 0 Å². The Morgan fingerprint density at radius 2 is 2.07 bits per heavy atom. The van der Waals surface area contributed by atoms with E-state index in [2.05, 4.69) is 48.2 Å². The van der Waals surface area contributed by atoms with Gasteiger partial charge in [-0.25, -0.2) is 9.98 Å². The first-order valence-corrected chi connectivity index (χ1v) is 11.0. The Labute approximate surface area is 176 Å². The number of guanidine groups is 1. The molecule has 0 radical (unpaired) electrons. The summed E-state index contributed by atoms with van der Waals surface area (Å²) in [6.45, 7) is 15.8. The van der Waals surface area contributed by atoms with Crippen LogP contribution in [0, 0.1) is 5.92 Å². The molecule has 2 heterocycles. The normalized spacial score (nSPS) is 16.7. The van der Waals surface area contributed by atoms with Crippen LogP contribution in [0.3, 0.4) is 0 Å². The van der Waals surface area contributed by atoms with Gasteiger partial charge in [0.2, 0.25) is 5.88 Å². The molecule has 1 aliphatic heterocycles. The highest BCUT2D eigenvalue weighted by molar-refractivity contribution is 5.79. The Kier molecular flexibility index (Phi) is 10.8. The van der Waals surface area contributed by atoms with Gasteiger partial charge in [0, 0.05) is 38.4 Å². The lowest BCUT2D eigenvalue weighted by molar-refractivity contribution is 0.0376. The van der Waals surface area contributed by atoms with Crippen LogP contribution in [0.5, 0.6) is 5.88 Å². The smallest absolute Gasteiger partial charge is 0.213 e. The van der Waals surface area contributed by atoms with E-state index < -0.39 is 0 Å². The van der Waals surface area contributed by atoms with E-state index in [1.165, 1.54) is 0 Å². The minimum Gasteiger partial charge on any atom is -0.475 e. The molecule has 0 amide bonds. The van der Waals surface area contributed by atoms with Crippen LogP contribution in [0.1, 0.15) is 46.1 Å². The number of nitrogens with one attached hydrogen (secondary N) is 2. The minimum atomic E-state index is 0.159. The van der Waals surface area contributed by atoms with E-state index in [4.69, 9.17) is 14.5 Å². The predicted octanol–water partition coefficient (Wildman–Crippen LogP) is 2.67. The minimum absolute atomic E-state index is 0.159. The van der Waals surface area contributed by atoms with Gasteiger partial charge in [0.05, 0.1) is 25.9 Å². The highest BCUT2D eigenvalue weighted by Crippen LogP contribution is 2.15. The zero-order valence-electron chi connectivity index (χ0n) is 18.6. The third kappa shape index (κ3) is 9.94.